The van der Waals surface area contributed by atoms with Crippen molar-refractivity contribution < 1.29 is 9.90 Å². The number of amides is 2. The highest BCUT2D eigenvalue weighted by atomic mass is 35.5. The van der Waals surface area contributed by atoms with Gasteiger partial charge in [-0.25, -0.2) is 9.48 Å². The second-order valence-electron chi connectivity index (χ2n) is 4.16. The van der Waals surface area contributed by atoms with Gasteiger partial charge >= 0.3 is 6.03 Å². The molecule has 0 aliphatic heterocycles. The molecule has 0 saturated heterocycles. The second-order valence-corrected chi connectivity index (χ2v) is 4.57. The van der Waals surface area contributed by atoms with Crippen LogP contribution in [0.3, 0.4) is 0 Å². The number of nitrogens with zero attached hydrogens (tertiary/aromatic N) is 3. The number of halogens is 1. The van der Waals surface area contributed by atoms with Crippen LogP contribution in [0.4, 0.5) is 10.5 Å². The van der Waals surface area contributed by atoms with Crippen LogP contribution in [0.2, 0.25) is 5.02 Å². The van der Waals surface area contributed by atoms with Crippen molar-refractivity contribution in [2.45, 2.75) is 0 Å². The van der Waals surface area contributed by atoms with Gasteiger partial charge in [0.1, 0.15) is 5.69 Å². The first kappa shape index (κ1) is 14.4. The molecule has 1 aromatic carbocycles. The topological polar surface area (TPSA) is 70.4 Å². The lowest BCUT2D eigenvalue weighted by Gasteiger charge is -2.18. The van der Waals surface area contributed by atoms with Gasteiger partial charge in [0.15, 0.2) is 0 Å². The highest BCUT2D eigenvalue weighted by molar-refractivity contribution is 6.33. The van der Waals surface area contributed by atoms with E-state index in [-0.39, 0.29) is 19.2 Å². The Balaban J connectivity index is 2.29. The molecular weight excluding hydrogens is 280 g/mol. The molecule has 0 unspecified atom stereocenters. The number of aromatic nitrogens is 2. The molecule has 7 heteroatoms. The summed E-state index contributed by atoms with van der Waals surface area (Å²) < 4.78 is 1.59. The first-order valence-corrected chi connectivity index (χ1v) is 6.43. The maximum Gasteiger partial charge on any atom is 0.321 e. The SMILES string of the molecule is CN(CCO)C(=O)Nc1cccc(Cl)c1-n1cccn1. The Labute approximate surface area is 121 Å². The fraction of sp³-hybridized carbons (Fsp3) is 0.231. The van der Waals surface area contributed by atoms with E-state index in [1.54, 1.807) is 48.4 Å². The molecule has 0 saturated carbocycles. The van der Waals surface area contributed by atoms with Crippen molar-refractivity contribution >= 4 is 23.3 Å². The van der Waals surface area contributed by atoms with E-state index in [1.807, 2.05) is 0 Å². The minimum Gasteiger partial charge on any atom is -0.395 e. The van der Waals surface area contributed by atoms with Crippen LogP contribution in [0.25, 0.3) is 5.69 Å². The van der Waals surface area contributed by atoms with Gasteiger partial charge in [0.05, 0.1) is 17.3 Å². The number of urea groups is 1. The predicted octanol–water partition coefficient (Wildman–Crippen LogP) is 1.98. The third-order valence-electron chi connectivity index (χ3n) is 2.74. The molecule has 0 aliphatic carbocycles. The molecule has 106 valence electrons. The Bertz CT molecular complexity index is 586. The Morgan fingerprint density at radius 1 is 1.50 bits per heavy atom. The van der Waals surface area contributed by atoms with Crippen molar-refractivity contribution in [3.8, 4) is 5.69 Å². The standard InChI is InChI=1S/C13H15ClN4O2/c1-17(8-9-19)13(20)16-11-5-2-4-10(14)12(11)18-7-3-6-15-18/h2-7,19H,8-9H2,1H3,(H,16,20). The van der Waals surface area contributed by atoms with Crippen LogP contribution >= 0.6 is 11.6 Å². The van der Waals surface area contributed by atoms with Crippen LogP contribution in [0.1, 0.15) is 0 Å². The summed E-state index contributed by atoms with van der Waals surface area (Å²) >= 11 is 6.18. The van der Waals surface area contributed by atoms with Gasteiger partial charge in [-0.05, 0) is 18.2 Å². The van der Waals surface area contributed by atoms with Gasteiger partial charge in [0.25, 0.3) is 0 Å². The number of hydrogen-bond donors (Lipinski definition) is 2. The third kappa shape index (κ3) is 3.09. The van der Waals surface area contributed by atoms with E-state index in [0.29, 0.717) is 16.4 Å². The minimum atomic E-state index is -0.324. The van der Waals surface area contributed by atoms with Gasteiger partial charge in [-0.2, -0.15) is 5.10 Å². The lowest BCUT2D eigenvalue weighted by atomic mass is 10.2. The van der Waals surface area contributed by atoms with Crippen LogP contribution < -0.4 is 5.32 Å². The van der Waals surface area contributed by atoms with Crippen molar-refractivity contribution in [1.82, 2.24) is 14.7 Å². The summed E-state index contributed by atoms with van der Waals surface area (Å²) in [6.07, 6.45) is 3.38. The summed E-state index contributed by atoms with van der Waals surface area (Å²) in [5.41, 5.74) is 1.15. The van der Waals surface area contributed by atoms with Crippen molar-refractivity contribution in [3.05, 3.63) is 41.7 Å². The van der Waals surface area contributed by atoms with E-state index in [4.69, 9.17) is 16.7 Å². The molecule has 2 N–H and O–H groups in total. The average molecular weight is 295 g/mol. The number of nitrogens with one attached hydrogen (secondary N) is 1. The molecule has 2 aromatic rings. The van der Waals surface area contributed by atoms with E-state index >= 15 is 0 Å². The quantitative estimate of drug-likeness (QED) is 0.906. The van der Waals surface area contributed by atoms with E-state index in [2.05, 4.69) is 10.4 Å². The number of carbonyl (C=O) groups excluding carboxylic acids is 1. The van der Waals surface area contributed by atoms with Crippen LogP contribution in [0.15, 0.2) is 36.7 Å². The molecule has 1 heterocycles. The van der Waals surface area contributed by atoms with E-state index < -0.39 is 0 Å². The molecule has 20 heavy (non-hydrogen) atoms. The number of hydrogen-bond acceptors (Lipinski definition) is 3. The zero-order chi connectivity index (χ0) is 14.5. The molecule has 0 fully saturated rings. The van der Waals surface area contributed by atoms with Crippen molar-refractivity contribution in [3.63, 3.8) is 0 Å². The van der Waals surface area contributed by atoms with Crippen molar-refractivity contribution in [2.75, 3.05) is 25.5 Å². The molecule has 0 atom stereocenters. The Hall–Kier alpha value is -2.05. The summed E-state index contributed by atoms with van der Waals surface area (Å²) in [5.74, 6) is 0. The molecule has 2 amide bonds. The van der Waals surface area contributed by atoms with Gasteiger partial charge < -0.3 is 15.3 Å². The predicted molar refractivity (Wildman–Crippen MR) is 77.3 cm³/mol. The van der Waals surface area contributed by atoms with Crippen molar-refractivity contribution in [2.24, 2.45) is 0 Å². The van der Waals surface area contributed by atoms with E-state index in [0.717, 1.165) is 0 Å². The van der Waals surface area contributed by atoms with Gasteiger partial charge in [0.2, 0.25) is 0 Å². The lowest BCUT2D eigenvalue weighted by Crippen LogP contribution is -2.33. The molecule has 0 radical (unpaired) electrons. The largest absolute Gasteiger partial charge is 0.395 e. The van der Waals surface area contributed by atoms with Gasteiger partial charge in [0, 0.05) is 26.0 Å². The number of benzene rings is 1. The highest BCUT2D eigenvalue weighted by Crippen LogP contribution is 2.28. The lowest BCUT2D eigenvalue weighted by molar-refractivity contribution is 0.202. The van der Waals surface area contributed by atoms with E-state index in [1.165, 1.54) is 4.90 Å². The zero-order valence-electron chi connectivity index (χ0n) is 11.0. The van der Waals surface area contributed by atoms with Crippen LogP contribution in [0, 0.1) is 0 Å². The molecule has 2 rings (SSSR count). The molecular formula is C13H15ClN4O2. The van der Waals surface area contributed by atoms with Gasteiger partial charge in [-0.1, -0.05) is 17.7 Å². The summed E-state index contributed by atoms with van der Waals surface area (Å²) in [4.78, 5) is 13.3. The summed E-state index contributed by atoms with van der Waals surface area (Å²) in [7, 11) is 1.60. The second kappa shape index (κ2) is 6.40. The summed E-state index contributed by atoms with van der Waals surface area (Å²) in [6, 6.07) is 6.66. The number of carbonyl (C=O) groups is 1. The van der Waals surface area contributed by atoms with Crippen LogP contribution in [-0.2, 0) is 0 Å². The smallest absolute Gasteiger partial charge is 0.321 e. The Kier molecular flexibility index (Phi) is 4.60. The molecule has 0 spiro atoms. The molecule has 0 bridgehead atoms. The molecule has 6 nitrogen and oxygen atoms in total. The number of likely N-dealkylation sites (N-methyl/N-ethyl adjacent to an activating group) is 1. The zero-order valence-corrected chi connectivity index (χ0v) is 11.7. The van der Waals surface area contributed by atoms with Gasteiger partial charge in [-0.3, -0.25) is 0 Å². The third-order valence-corrected chi connectivity index (χ3v) is 3.05. The highest BCUT2D eigenvalue weighted by Gasteiger charge is 2.14. The number of para-hydroxylation sites is 1. The van der Waals surface area contributed by atoms with Gasteiger partial charge in [-0.15, -0.1) is 0 Å². The monoisotopic (exact) mass is 294 g/mol. The van der Waals surface area contributed by atoms with Crippen molar-refractivity contribution in [1.29, 1.82) is 0 Å². The number of aliphatic hydroxyl groups is 1. The van der Waals surface area contributed by atoms with E-state index in [9.17, 15) is 4.79 Å². The number of aliphatic hydroxyl groups excluding tert-OH is 1. The Morgan fingerprint density at radius 2 is 2.30 bits per heavy atom. The Morgan fingerprint density at radius 3 is 2.95 bits per heavy atom. The molecule has 1 aromatic heterocycles. The first-order valence-electron chi connectivity index (χ1n) is 6.05. The normalized spacial score (nSPS) is 10.3. The fourth-order valence-corrected chi connectivity index (χ4v) is 1.97. The van der Waals surface area contributed by atoms with Crippen LogP contribution in [0.5, 0.6) is 0 Å². The summed E-state index contributed by atoms with van der Waals surface area (Å²) in [5, 5.41) is 16.2. The summed E-state index contributed by atoms with van der Waals surface area (Å²) in [6.45, 7) is 0.162. The average Bonchev–Trinajstić information content (AvgIpc) is 2.92. The minimum absolute atomic E-state index is 0.0918. The fourth-order valence-electron chi connectivity index (χ4n) is 1.71. The molecule has 0 aliphatic rings. The first-order chi connectivity index (χ1) is 9.63. The number of anilines is 1. The maximum absolute atomic E-state index is 12.0. The number of rotatable bonds is 4. The maximum atomic E-state index is 12.0. The van der Waals surface area contributed by atoms with Crippen LogP contribution in [-0.4, -0.2) is 46.0 Å².